The van der Waals surface area contributed by atoms with E-state index in [1.807, 2.05) is 32.9 Å². The molecule has 0 aliphatic carbocycles. The minimum Gasteiger partial charge on any atom is -0.444 e. The SMILES string of the molecule is CC(C)(C)OC(=O)N1CCOC(c2ccc(NC(=O)Nc3ccc(Cl)nc3)c(Br)c2)C1.ClCCl. The zero-order valence-corrected chi connectivity index (χ0v) is 22.8. The molecule has 2 aromatic rings. The molecule has 1 unspecified atom stereocenters. The zero-order chi connectivity index (χ0) is 25.3. The number of nitrogens with zero attached hydrogens (tertiary/aromatic N) is 2. The van der Waals surface area contributed by atoms with Crippen LogP contribution in [0.15, 0.2) is 41.0 Å². The normalized spacial score (nSPS) is 15.6. The second kappa shape index (κ2) is 13.3. The van der Waals surface area contributed by atoms with Crippen molar-refractivity contribution in [2.24, 2.45) is 0 Å². The maximum atomic E-state index is 12.4. The number of amides is 3. The molecule has 3 rings (SSSR count). The molecule has 1 aromatic heterocycles. The third kappa shape index (κ3) is 9.46. The highest BCUT2D eigenvalue weighted by Crippen LogP contribution is 2.30. The summed E-state index contributed by atoms with van der Waals surface area (Å²) in [5.41, 5.74) is 1.44. The Labute approximate surface area is 222 Å². The summed E-state index contributed by atoms with van der Waals surface area (Å²) in [5, 5.41) is 6.00. The number of rotatable bonds is 3. The van der Waals surface area contributed by atoms with Gasteiger partial charge in [-0.15, -0.1) is 23.2 Å². The van der Waals surface area contributed by atoms with Gasteiger partial charge in [0, 0.05) is 11.0 Å². The minimum absolute atomic E-state index is 0.194. The molecule has 1 saturated heterocycles. The van der Waals surface area contributed by atoms with Crippen molar-refractivity contribution < 1.29 is 19.1 Å². The van der Waals surface area contributed by atoms with Crippen LogP contribution < -0.4 is 10.6 Å². The number of aromatic nitrogens is 1. The lowest BCUT2D eigenvalue weighted by molar-refractivity contribution is -0.0433. The van der Waals surface area contributed by atoms with E-state index >= 15 is 0 Å². The lowest BCUT2D eigenvalue weighted by atomic mass is 10.1. The molecule has 0 saturated carbocycles. The lowest BCUT2D eigenvalue weighted by Crippen LogP contribution is -2.44. The maximum Gasteiger partial charge on any atom is 0.410 e. The number of morpholine rings is 1. The quantitative estimate of drug-likeness (QED) is 0.298. The van der Waals surface area contributed by atoms with Gasteiger partial charge in [-0.1, -0.05) is 17.7 Å². The molecular formula is C22H26BrCl3N4O4. The topological polar surface area (TPSA) is 92.8 Å². The summed E-state index contributed by atoms with van der Waals surface area (Å²) < 4.78 is 12.0. The van der Waals surface area contributed by atoms with Gasteiger partial charge in [0.25, 0.3) is 0 Å². The number of nitrogens with one attached hydrogen (secondary N) is 2. The van der Waals surface area contributed by atoms with Crippen molar-refractivity contribution in [2.45, 2.75) is 32.5 Å². The fourth-order valence-corrected chi connectivity index (χ4v) is 3.52. The van der Waals surface area contributed by atoms with Gasteiger partial charge >= 0.3 is 12.1 Å². The van der Waals surface area contributed by atoms with Gasteiger partial charge in [0.15, 0.2) is 0 Å². The molecule has 0 bridgehead atoms. The summed E-state index contributed by atoms with van der Waals surface area (Å²) in [7, 11) is 0. The fraction of sp³-hybridized carbons (Fsp3) is 0.409. The van der Waals surface area contributed by atoms with Crippen molar-refractivity contribution >= 4 is 74.2 Å². The first-order valence-electron chi connectivity index (χ1n) is 10.2. The van der Waals surface area contributed by atoms with Crippen LogP contribution in [0.1, 0.15) is 32.4 Å². The van der Waals surface area contributed by atoms with E-state index in [1.54, 1.807) is 23.1 Å². The molecule has 1 aromatic carbocycles. The summed E-state index contributed by atoms with van der Waals surface area (Å²) in [5.74, 6) is 0. The van der Waals surface area contributed by atoms with Crippen LogP contribution in [0, 0.1) is 0 Å². The second-order valence-corrected chi connectivity index (χ2v) is 10.1. The van der Waals surface area contributed by atoms with Gasteiger partial charge in [0.2, 0.25) is 0 Å². The molecule has 0 radical (unpaired) electrons. The van der Waals surface area contributed by atoms with Crippen LogP contribution in [0.25, 0.3) is 0 Å². The Morgan fingerprint density at radius 2 is 1.94 bits per heavy atom. The maximum absolute atomic E-state index is 12.4. The highest BCUT2D eigenvalue weighted by atomic mass is 79.9. The summed E-state index contributed by atoms with van der Waals surface area (Å²) in [6, 6.07) is 8.32. The number of urea groups is 1. The number of benzene rings is 1. The second-order valence-electron chi connectivity index (χ2n) is 8.07. The Balaban J connectivity index is 0.00000129. The summed E-state index contributed by atoms with van der Waals surface area (Å²) in [6.45, 7) is 6.80. The van der Waals surface area contributed by atoms with Crippen LogP contribution in [0.5, 0.6) is 0 Å². The molecule has 1 aliphatic rings. The van der Waals surface area contributed by atoms with E-state index < -0.39 is 11.6 Å². The van der Waals surface area contributed by atoms with E-state index in [0.717, 1.165) is 5.56 Å². The molecule has 1 fully saturated rings. The highest BCUT2D eigenvalue weighted by molar-refractivity contribution is 9.10. The summed E-state index contributed by atoms with van der Waals surface area (Å²) >= 11 is 18.8. The molecule has 3 amide bonds. The first-order chi connectivity index (χ1) is 16.0. The third-order valence-electron chi connectivity index (χ3n) is 4.32. The highest BCUT2D eigenvalue weighted by Gasteiger charge is 2.29. The van der Waals surface area contributed by atoms with Gasteiger partial charge in [-0.2, -0.15) is 0 Å². The smallest absolute Gasteiger partial charge is 0.410 e. The van der Waals surface area contributed by atoms with E-state index in [-0.39, 0.29) is 17.5 Å². The van der Waals surface area contributed by atoms with Gasteiger partial charge in [-0.05, 0) is 66.5 Å². The van der Waals surface area contributed by atoms with E-state index in [1.165, 1.54) is 6.20 Å². The van der Waals surface area contributed by atoms with Crippen LogP contribution in [-0.4, -0.2) is 52.6 Å². The Morgan fingerprint density at radius 3 is 2.53 bits per heavy atom. The zero-order valence-electron chi connectivity index (χ0n) is 18.9. The molecule has 1 aliphatic heterocycles. The Kier molecular flexibility index (Phi) is 11.2. The van der Waals surface area contributed by atoms with Crippen LogP contribution >= 0.6 is 50.7 Å². The van der Waals surface area contributed by atoms with E-state index in [2.05, 4.69) is 31.5 Å². The monoisotopic (exact) mass is 594 g/mol. The first kappa shape index (κ1) is 28.5. The Bertz CT molecular complexity index is 974. The minimum atomic E-state index is -0.552. The predicted octanol–water partition coefficient (Wildman–Crippen LogP) is 6.87. The number of anilines is 2. The largest absolute Gasteiger partial charge is 0.444 e. The molecule has 1 atom stereocenters. The third-order valence-corrected chi connectivity index (χ3v) is 5.20. The van der Waals surface area contributed by atoms with Crippen LogP contribution in [0.2, 0.25) is 5.15 Å². The molecule has 2 N–H and O–H groups in total. The van der Waals surface area contributed by atoms with Gasteiger partial charge in [-0.3, -0.25) is 0 Å². The van der Waals surface area contributed by atoms with Crippen molar-refractivity contribution in [3.63, 3.8) is 0 Å². The number of hydrogen-bond acceptors (Lipinski definition) is 5. The van der Waals surface area contributed by atoms with Gasteiger partial charge in [-0.25, -0.2) is 14.6 Å². The predicted molar refractivity (Wildman–Crippen MR) is 139 cm³/mol. The van der Waals surface area contributed by atoms with Crippen LogP contribution in [-0.2, 0) is 9.47 Å². The number of carbonyl (C=O) groups is 2. The van der Waals surface area contributed by atoms with Crippen molar-refractivity contribution in [1.29, 1.82) is 0 Å². The van der Waals surface area contributed by atoms with Crippen molar-refractivity contribution in [3.8, 4) is 0 Å². The number of halogens is 4. The standard InChI is InChI=1S/C21H24BrClN4O4.CH2Cl2/c1-21(2,3)31-20(29)27-8-9-30-17(12-27)13-4-6-16(15(22)10-13)26-19(28)25-14-5-7-18(23)24-11-14;2-1-3/h4-7,10-11,17H,8-9,12H2,1-3H3,(H2,25,26,28);1H2. The molecule has 0 spiro atoms. The van der Waals surface area contributed by atoms with E-state index in [0.29, 0.717) is 40.7 Å². The first-order valence-corrected chi connectivity index (χ1v) is 12.5. The fourth-order valence-electron chi connectivity index (χ4n) is 2.91. The molecule has 12 heteroatoms. The number of alkyl halides is 2. The average molecular weight is 597 g/mol. The average Bonchev–Trinajstić information content (AvgIpc) is 2.76. The van der Waals surface area contributed by atoms with Crippen molar-refractivity contribution in [3.05, 3.63) is 51.7 Å². The lowest BCUT2D eigenvalue weighted by Gasteiger charge is -2.34. The molecule has 186 valence electrons. The Hall–Kier alpha value is -1.78. The van der Waals surface area contributed by atoms with Crippen molar-refractivity contribution in [2.75, 3.05) is 35.7 Å². The summed E-state index contributed by atoms with van der Waals surface area (Å²) in [6.07, 6.45) is 0.823. The van der Waals surface area contributed by atoms with Crippen LogP contribution in [0.4, 0.5) is 21.0 Å². The van der Waals surface area contributed by atoms with Gasteiger partial charge in [0.1, 0.15) is 16.9 Å². The van der Waals surface area contributed by atoms with E-state index in [9.17, 15) is 9.59 Å². The number of ether oxygens (including phenoxy) is 2. The molecule has 8 nitrogen and oxygen atoms in total. The number of hydrogen-bond donors (Lipinski definition) is 2. The van der Waals surface area contributed by atoms with Crippen molar-refractivity contribution in [1.82, 2.24) is 9.88 Å². The van der Waals surface area contributed by atoms with Crippen LogP contribution in [0.3, 0.4) is 0 Å². The number of carbonyl (C=O) groups excluding carboxylic acids is 2. The van der Waals surface area contributed by atoms with E-state index in [4.69, 9.17) is 44.3 Å². The Morgan fingerprint density at radius 1 is 1.24 bits per heavy atom. The van der Waals surface area contributed by atoms with Gasteiger partial charge in [0.05, 0.1) is 36.1 Å². The molecular weight excluding hydrogens is 571 g/mol. The summed E-state index contributed by atoms with van der Waals surface area (Å²) in [4.78, 5) is 30.2. The van der Waals surface area contributed by atoms with Gasteiger partial charge < -0.3 is 25.0 Å². The molecule has 34 heavy (non-hydrogen) atoms. The number of pyridine rings is 1. The molecule has 2 heterocycles.